The van der Waals surface area contributed by atoms with E-state index in [0.717, 1.165) is 6.20 Å². The molecular formula is C8H10N4O3. The van der Waals surface area contributed by atoms with Gasteiger partial charge in [0, 0.05) is 13.0 Å². The predicted molar refractivity (Wildman–Crippen MR) is 51.3 cm³/mol. The van der Waals surface area contributed by atoms with E-state index in [9.17, 15) is 9.59 Å². The van der Waals surface area contributed by atoms with Gasteiger partial charge in [-0.3, -0.25) is 9.78 Å². The minimum absolute atomic E-state index is 0.152. The first-order chi connectivity index (χ1) is 7.09. The standard InChI is InChI=1S/C8H10N4O3/c9-6(13)1-2-11-7-4-10-3-5(12-7)8(14)15/h3-4H,1-2H2,(H2,9,13)(H,11,12)(H,14,15). The number of rotatable bonds is 5. The van der Waals surface area contributed by atoms with Crippen molar-refractivity contribution in [1.29, 1.82) is 0 Å². The van der Waals surface area contributed by atoms with Crippen LogP contribution >= 0.6 is 0 Å². The van der Waals surface area contributed by atoms with Crippen LogP contribution in [0.1, 0.15) is 16.9 Å². The van der Waals surface area contributed by atoms with Crippen LogP contribution < -0.4 is 11.1 Å². The molecule has 0 radical (unpaired) electrons. The molecule has 0 aliphatic heterocycles. The summed E-state index contributed by atoms with van der Waals surface area (Å²) in [5.41, 5.74) is 4.77. The monoisotopic (exact) mass is 210 g/mol. The zero-order valence-corrected chi connectivity index (χ0v) is 7.80. The first-order valence-corrected chi connectivity index (χ1v) is 4.17. The molecule has 7 nitrogen and oxygen atoms in total. The summed E-state index contributed by atoms with van der Waals surface area (Å²) in [5, 5.41) is 11.4. The van der Waals surface area contributed by atoms with E-state index in [0.29, 0.717) is 12.4 Å². The highest BCUT2D eigenvalue weighted by Crippen LogP contribution is 2.01. The van der Waals surface area contributed by atoms with E-state index >= 15 is 0 Å². The Morgan fingerprint density at radius 2 is 2.20 bits per heavy atom. The fourth-order valence-corrected chi connectivity index (χ4v) is 0.868. The second-order valence-corrected chi connectivity index (χ2v) is 2.74. The van der Waals surface area contributed by atoms with Crippen molar-refractivity contribution in [3.05, 3.63) is 18.1 Å². The lowest BCUT2D eigenvalue weighted by molar-refractivity contribution is -0.117. The van der Waals surface area contributed by atoms with E-state index in [-0.39, 0.29) is 12.1 Å². The Hall–Kier alpha value is -2.18. The molecule has 0 spiro atoms. The van der Waals surface area contributed by atoms with Gasteiger partial charge in [0.2, 0.25) is 5.91 Å². The molecule has 7 heteroatoms. The molecule has 0 unspecified atom stereocenters. The third kappa shape index (κ3) is 3.59. The highest BCUT2D eigenvalue weighted by molar-refractivity contribution is 5.85. The molecule has 0 fully saturated rings. The average Bonchev–Trinajstić information content (AvgIpc) is 2.17. The molecule has 0 saturated heterocycles. The molecule has 0 aromatic carbocycles. The number of carbonyl (C=O) groups is 2. The second kappa shape index (κ2) is 4.89. The number of nitrogens with two attached hydrogens (primary N) is 1. The Morgan fingerprint density at radius 1 is 1.47 bits per heavy atom. The molecule has 1 aromatic rings. The molecule has 0 aliphatic carbocycles. The first kappa shape index (κ1) is 10.9. The Labute approximate surface area is 85.3 Å². The molecule has 80 valence electrons. The van der Waals surface area contributed by atoms with Crippen LogP contribution in [0.15, 0.2) is 12.4 Å². The quantitative estimate of drug-likeness (QED) is 0.600. The lowest BCUT2D eigenvalue weighted by Gasteiger charge is -2.03. The van der Waals surface area contributed by atoms with Crippen LogP contribution in [0.2, 0.25) is 0 Å². The molecule has 1 heterocycles. The summed E-state index contributed by atoms with van der Waals surface area (Å²) in [6.07, 6.45) is 2.66. The van der Waals surface area contributed by atoms with Crippen LogP contribution in [0.25, 0.3) is 0 Å². The van der Waals surface area contributed by atoms with Gasteiger partial charge in [0.1, 0.15) is 5.82 Å². The SMILES string of the molecule is NC(=O)CCNc1cncc(C(=O)O)n1. The summed E-state index contributed by atoms with van der Waals surface area (Å²) in [5.74, 6) is -1.29. The van der Waals surface area contributed by atoms with Gasteiger partial charge >= 0.3 is 5.97 Å². The van der Waals surface area contributed by atoms with Gasteiger partial charge in [-0.05, 0) is 0 Å². The van der Waals surface area contributed by atoms with Gasteiger partial charge in [0.25, 0.3) is 0 Å². The maximum atomic E-state index is 10.5. The van der Waals surface area contributed by atoms with Crippen LogP contribution in [0.5, 0.6) is 0 Å². The number of aromatic carboxylic acids is 1. The number of carboxylic acid groups (broad SMARTS) is 1. The molecular weight excluding hydrogens is 200 g/mol. The number of hydrogen-bond donors (Lipinski definition) is 3. The van der Waals surface area contributed by atoms with Crippen molar-refractivity contribution in [1.82, 2.24) is 9.97 Å². The zero-order valence-electron chi connectivity index (χ0n) is 7.80. The largest absolute Gasteiger partial charge is 0.476 e. The van der Waals surface area contributed by atoms with E-state index in [2.05, 4.69) is 15.3 Å². The highest BCUT2D eigenvalue weighted by atomic mass is 16.4. The molecule has 4 N–H and O–H groups in total. The molecule has 1 aromatic heterocycles. The third-order valence-corrected chi connectivity index (χ3v) is 1.53. The molecule has 1 rings (SSSR count). The van der Waals surface area contributed by atoms with Gasteiger partial charge in [0.05, 0.1) is 12.4 Å². The first-order valence-electron chi connectivity index (χ1n) is 4.17. The minimum atomic E-state index is -1.15. The van der Waals surface area contributed by atoms with E-state index in [1.165, 1.54) is 6.20 Å². The van der Waals surface area contributed by atoms with Gasteiger partial charge in [-0.15, -0.1) is 0 Å². The van der Waals surface area contributed by atoms with Crippen molar-refractivity contribution < 1.29 is 14.7 Å². The van der Waals surface area contributed by atoms with Crippen molar-refractivity contribution in [2.75, 3.05) is 11.9 Å². The summed E-state index contributed by atoms with van der Waals surface area (Å²) < 4.78 is 0. The Balaban J connectivity index is 2.58. The van der Waals surface area contributed by atoms with Gasteiger partial charge in [-0.1, -0.05) is 0 Å². The van der Waals surface area contributed by atoms with Crippen molar-refractivity contribution >= 4 is 17.7 Å². The molecule has 0 saturated carbocycles. The maximum absolute atomic E-state index is 10.5. The molecule has 0 aliphatic rings. The number of nitrogens with one attached hydrogen (secondary N) is 1. The summed E-state index contributed by atoms with van der Waals surface area (Å²) in [6.45, 7) is 0.299. The van der Waals surface area contributed by atoms with E-state index in [4.69, 9.17) is 10.8 Å². The number of anilines is 1. The molecule has 15 heavy (non-hydrogen) atoms. The number of aromatic nitrogens is 2. The van der Waals surface area contributed by atoms with Crippen LogP contribution in [-0.4, -0.2) is 33.5 Å². The van der Waals surface area contributed by atoms with Gasteiger partial charge < -0.3 is 16.2 Å². The number of hydrogen-bond acceptors (Lipinski definition) is 5. The average molecular weight is 210 g/mol. The van der Waals surface area contributed by atoms with E-state index < -0.39 is 11.9 Å². The molecule has 1 amide bonds. The Morgan fingerprint density at radius 3 is 2.80 bits per heavy atom. The minimum Gasteiger partial charge on any atom is -0.476 e. The summed E-state index contributed by atoms with van der Waals surface area (Å²) in [6, 6.07) is 0. The summed E-state index contributed by atoms with van der Waals surface area (Å²) in [4.78, 5) is 28.4. The number of carbonyl (C=O) groups excluding carboxylic acids is 1. The fraction of sp³-hybridized carbons (Fsp3) is 0.250. The maximum Gasteiger partial charge on any atom is 0.356 e. The van der Waals surface area contributed by atoms with Crippen molar-refractivity contribution in [2.24, 2.45) is 5.73 Å². The van der Waals surface area contributed by atoms with Crippen LogP contribution in [0, 0.1) is 0 Å². The van der Waals surface area contributed by atoms with Gasteiger partial charge in [-0.2, -0.15) is 0 Å². The van der Waals surface area contributed by atoms with Gasteiger partial charge in [-0.25, -0.2) is 9.78 Å². The highest BCUT2D eigenvalue weighted by Gasteiger charge is 2.05. The number of carboxylic acids is 1. The lowest BCUT2D eigenvalue weighted by Crippen LogP contribution is -2.16. The zero-order chi connectivity index (χ0) is 11.3. The van der Waals surface area contributed by atoms with Crippen LogP contribution in [-0.2, 0) is 4.79 Å². The lowest BCUT2D eigenvalue weighted by atomic mass is 10.4. The fourth-order valence-electron chi connectivity index (χ4n) is 0.868. The number of nitrogens with zero attached hydrogens (tertiary/aromatic N) is 2. The van der Waals surface area contributed by atoms with E-state index in [1.54, 1.807) is 0 Å². The van der Waals surface area contributed by atoms with Gasteiger partial charge in [0.15, 0.2) is 5.69 Å². The number of amides is 1. The second-order valence-electron chi connectivity index (χ2n) is 2.74. The molecule has 0 bridgehead atoms. The summed E-state index contributed by atoms with van der Waals surface area (Å²) >= 11 is 0. The van der Waals surface area contributed by atoms with Crippen LogP contribution in [0.3, 0.4) is 0 Å². The van der Waals surface area contributed by atoms with E-state index in [1.807, 2.05) is 0 Å². The topological polar surface area (TPSA) is 118 Å². The van der Waals surface area contributed by atoms with Crippen molar-refractivity contribution in [2.45, 2.75) is 6.42 Å². The Kier molecular flexibility index (Phi) is 3.55. The third-order valence-electron chi connectivity index (χ3n) is 1.53. The summed E-state index contributed by atoms with van der Waals surface area (Å²) in [7, 11) is 0. The normalized spacial score (nSPS) is 9.60. The Bertz CT molecular complexity index is 380. The molecule has 0 atom stereocenters. The van der Waals surface area contributed by atoms with Crippen molar-refractivity contribution in [3.63, 3.8) is 0 Å². The number of primary amides is 1. The predicted octanol–water partition coefficient (Wildman–Crippen LogP) is -0.538. The van der Waals surface area contributed by atoms with Crippen molar-refractivity contribution in [3.8, 4) is 0 Å². The van der Waals surface area contributed by atoms with Crippen LogP contribution in [0.4, 0.5) is 5.82 Å². The smallest absolute Gasteiger partial charge is 0.356 e.